The first-order chi connectivity index (χ1) is 8.77. The quantitative estimate of drug-likeness (QED) is 0.788. The Kier molecular flexibility index (Phi) is 4.40. The summed E-state index contributed by atoms with van der Waals surface area (Å²) in [5.74, 6) is 0. The van der Waals surface area contributed by atoms with E-state index in [-0.39, 0.29) is 0 Å². The maximum absolute atomic E-state index is 4.04. The van der Waals surface area contributed by atoms with Gasteiger partial charge in [0.1, 0.15) is 0 Å². The maximum atomic E-state index is 4.04. The van der Waals surface area contributed by atoms with Gasteiger partial charge < -0.3 is 9.88 Å². The predicted octanol–water partition coefficient (Wildman–Crippen LogP) is 3.39. The fraction of sp³-hybridized carbons (Fsp3) is 0.400. The molecular formula is C15H21N3. The zero-order valence-corrected chi connectivity index (χ0v) is 11.2. The molecule has 0 amide bonds. The van der Waals surface area contributed by atoms with Crippen LogP contribution in [0.25, 0.3) is 0 Å². The van der Waals surface area contributed by atoms with Crippen LogP contribution in [0.1, 0.15) is 24.0 Å². The number of para-hydroxylation sites is 1. The number of benzene rings is 1. The van der Waals surface area contributed by atoms with Gasteiger partial charge in [-0.1, -0.05) is 18.2 Å². The van der Waals surface area contributed by atoms with Crippen molar-refractivity contribution in [1.29, 1.82) is 0 Å². The third-order valence-corrected chi connectivity index (χ3v) is 3.19. The van der Waals surface area contributed by atoms with Crippen molar-refractivity contribution in [3.63, 3.8) is 0 Å². The molecule has 0 aliphatic rings. The number of aryl methyl sites for hydroxylation is 3. The van der Waals surface area contributed by atoms with E-state index in [0.29, 0.717) is 0 Å². The van der Waals surface area contributed by atoms with Crippen molar-refractivity contribution in [1.82, 2.24) is 9.55 Å². The molecule has 2 aromatic rings. The Morgan fingerprint density at radius 1 is 1.17 bits per heavy atom. The molecule has 0 fully saturated rings. The van der Waals surface area contributed by atoms with Gasteiger partial charge in [0.25, 0.3) is 0 Å². The summed E-state index contributed by atoms with van der Waals surface area (Å²) in [4.78, 5) is 4.04. The average Bonchev–Trinajstić information content (AvgIpc) is 2.85. The summed E-state index contributed by atoms with van der Waals surface area (Å²) in [6, 6.07) is 6.41. The molecule has 3 heteroatoms. The largest absolute Gasteiger partial charge is 0.385 e. The molecule has 0 aliphatic carbocycles. The molecule has 0 atom stereocenters. The lowest BCUT2D eigenvalue weighted by molar-refractivity contribution is 0.621. The standard InChI is InChI=1S/C15H21N3/c1-13-6-5-7-14(2)15(13)17-8-3-4-10-18-11-9-16-12-18/h5-7,9,11-12,17H,3-4,8,10H2,1-2H3. The highest BCUT2D eigenvalue weighted by Crippen LogP contribution is 2.19. The molecular weight excluding hydrogens is 222 g/mol. The number of rotatable bonds is 6. The minimum Gasteiger partial charge on any atom is -0.385 e. The van der Waals surface area contributed by atoms with Crippen molar-refractivity contribution >= 4 is 5.69 Å². The molecule has 0 aliphatic heterocycles. The minimum absolute atomic E-state index is 1.03. The molecule has 0 unspecified atom stereocenters. The monoisotopic (exact) mass is 243 g/mol. The lowest BCUT2D eigenvalue weighted by Crippen LogP contribution is -2.06. The SMILES string of the molecule is Cc1cccc(C)c1NCCCCn1ccnc1. The summed E-state index contributed by atoms with van der Waals surface area (Å²) in [6.45, 7) is 6.39. The lowest BCUT2D eigenvalue weighted by atomic mass is 10.1. The summed E-state index contributed by atoms with van der Waals surface area (Å²) >= 11 is 0. The number of unbranched alkanes of at least 4 members (excludes halogenated alkanes) is 1. The van der Waals surface area contributed by atoms with E-state index >= 15 is 0 Å². The molecule has 0 spiro atoms. The molecule has 0 saturated carbocycles. The number of imidazole rings is 1. The topological polar surface area (TPSA) is 29.9 Å². The molecule has 1 N–H and O–H groups in total. The highest BCUT2D eigenvalue weighted by atomic mass is 15.0. The molecule has 96 valence electrons. The Morgan fingerprint density at radius 2 is 1.94 bits per heavy atom. The second-order valence-corrected chi connectivity index (χ2v) is 4.70. The van der Waals surface area contributed by atoms with Gasteiger partial charge in [-0.2, -0.15) is 0 Å². The van der Waals surface area contributed by atoms with Crippen molar-refractivity contribution in [2.24, 2.45) is 0 Å². The van der Waals surface area contributed by atoms with Crippen molar-refractivity contribution in [2.45, 2.75) is 33.2 Å². The first-order valence-corrected chi connectivity index (χ1v) is 6.53. The lowest BCUT2D eigenvalue weighted by Gasteiger charge is -2.12. The van der Waals surface area contributed by atoms with Gasteiger partial charge in [0.2, 0.25) is 0 Å². The van der Waals surface area contributed by atoms with Crippen LogP contribution >= 0.6 is 0 Å². The van der Waals surface area contributed by atoms with Gasteiger partial charge >= 0.3 is 0 Å². The Hall–Kier alpha value is -1.77. The Bertz CT molecular complexity index is 454. The Labute approximate surface area is 109 Å². The molecule has 0 radical (unpaired) electrons. The van der Waals surface area contributed by atoms with Crippen LogP contribution in [-0.2, 0) is 6.54 Å². The van der Waals surface area contributed by atoms with Gasteiger partial charge in [0, 0.05) is 31.2 Å². The van der Waals surface area contributed by atoms with E-state index in [4.69, 9.17) is 0 Å². The smallest absolute Gasteiger partial charge is 0.0945 e. The van der Waals surface area contributed by atoms with E-state index in [1.165, 1.54) is 29.7 Å². The van der Waals surface area contributed by atoms with E-state index in [1.807, 2.05) is 18.7 Å². The molecule has 1 heterocycles. The molecule has 2 rings (SSSR count). The van der Waals surface area contributed by atoms with E-state index in [1.54, 1.807) is 0 Å². The van der Waals surface area contributed by atoms with Crippen LogP contribution in [0.3, 0.4) is 0 Å². The number of hydrogen-bond acceptors (Lipinski definition) is 2. The van der Waals surface area contributed by atoms with Gasteiger partial charge in [0.05, 0.1) is 6.33 Å². The van der Waals surface area contributed by atoms with Gasteiger partial charge in [0.15, 0.2) is 0 Å². The zero-order chi connectivity index (χ0) is 12.8. The number of anilines is 1. The van der Waals surface area contributed by atoms with Crippen LogP contribution in [0.4, 0.5) is 5.69 Å². The van der Waals surface area contributed by atoms with Crippen LogP contribution in [0.15, 0.2) is 36.9 Å². The van der Waals surface area contributed by atoms with Crippen LogP contribution < -0.4 is 5.32 Å². The number of nitrogens with one attached hydrogen (secondary N) is 1. The fourth-order valence-electron chi connectivity index (χ4n) is 2.15. The van der Waals surface area contributed by atoms with Crippen LogP contribution in [0.5, 0.6) is 0 Å². The zero-order valence-electron chi connectivity index (χ0n) is 11.2. The highest BCUT2D eigenvalue weighted by Gasteiger charge is 2.00. The van der Waals surface area contributed by atoms with Crippen LogP contribution in [0, 0.1) is 13.8 Å². The second kappa shape index (κ2) is 6.24. The third kappa shape index (κ3) is 3.36. The van der Waals surface area contributed by atoms with Crippen LogP contribution in [-0.4, -0.2) is 16.1 Å². The van der Waals surface area contributed by atoms with E-state index in [0.717, 1.165) is 13.1 Å². The normalized spacial score (nSPS) is 10.6. The van der Waals surface area contributed by atoms with Gasteiger partial charge in [-0.3, -0.25) is 0 Å². The molecule has 1 aromatic heterocycles. The van der Waals surface area contributed by atoms with E-state index in [9.17, 15) is 0 Å². The molecule has 18 heavy (non-hydrogen) atoms. The van der Waals surface area contributed by atoms with E-state index in [2.05, 4.69) is 46.9 Å². The van der Waals surface area contributed by atoms with Crippen LogP contribution in [0.2, 0.25) is 0 Å². The third-order valence-electron chi connectivity index (χ3n) is 3.19. The van der Waals surface area contributed by atoms with Gasteiger partial charge in [-0.25, -0.2) is 4.98 Å². The molecule has 0 saturated heterocycles. The fourth-order valence-corrected chi connectivity index (χ4v) is 2.15. The summed E-state index contributed by atoms with van der Waals surface area (Å²) in [5.41, 5.74) is 3.94. The maximum Gasteiger partial charge on any atom is 0.0945 e. The van der Waals surface area contributed by atoms with Crippen molar-refractivity contribution in [3.05, 3.63) is 48.0 Å². The number of hydrogen-bond donors (Lipinski definition) is 1. The van der Waals surface area contributed by atoms with Gasteiger partial charge in [-0.05, 0) is 37.8 Å². The summed E-state index contributed by atoms with van der Waals surface area (Å²) < 4.78 is 2.12. The van der Waals surface area contributed by atoms with E-state index < -0.39 is 0 Å². The molecule has 1 aromatic carbocycles. The minimum atomic E-state index is 1.03. The Balaban J connectivity index is 1.72. The first-order valence-electron chi connectivity index (χ1n) is 6.53. The Morgan fingerprint density at radius 3 is 2.61 bits per heavy atom. The van der Waals surface area contributed by atoms with Gasteiger partial charge in [-0.15, -0.1) is 0 Å². The predicted molar refractivity (Wildman–Crippen MR) is 75.9 cm³/mol. The number of aromatic nitrogens is 2. The highest BCUT2D eigenvalue weighted by molar-refractivity contribution is 5.56. The van der Waals surface area contributed by atoms with Crippen molar-refractivity contribution in [3.8, 4) is 0 Å². The van der Waals surface area contributed by atoms with Crippen molar-refractivity contribution < 1.29 is 0 Å². The van der Waals surface area contributed by atoms with Crippen molar-refractivity contribution in [2.75, 3.05) is 11.9 Å². The first kappa shape index (κ1) is 12.7. The summed E-state index contributed by atoms with van der Waals surface area (Å²) in [5, 5.41) is 3.54. The number of nitrogens with zero attached hydrogens (tertiary/aromatic N) is 2. The molecule has 0 bridgehead atoms. The second-order valence-electron chi connectivity index (χ2n) is 4.70. The summed E-state index contributed by atoms with van der Waals surface area (Å²) in [6.07, 6.45) is 8.06. The molecule has 3 nitrogen and oxygen atoms in total. The average molecular weight is 243 g/mol. The summed E-state index contributed by atoms with van der Waals surface area (Å²) in [7, 11) is 0.